The molecule has 9 nitrogen and oxygen atoms in total. The number of aliphatic hydroxyl groups is 1. The zero-order valence-electron chi connectivity index (χ0n) is 29.6. The van der Waals surface area contributed by atoms with Crippen molar-refractivity contribution in [1.29, 1.82) is 0 Å². The van der Waals surface area contributed by atoms with Crippen LogP contribution in [-0.4, -0.2) is 65.6 Å². The average molecular weight is 660 g/mol. The molecule has 0 aromatic heterocycles. The Morgan fingerprint density at radius 1 is 0.957 bits per heavy atom. The summed E-state index contributed by atoms with van der Waals surface area (Å²) in [5.41, 5.74) is 2.67. The van der Waals surface area contributed by atoms with Gasteiger partial charge in [-0.3, -0.25) is 4.79 Å². The number of allylic oxidation sites excluding steroid dienone is 3. The standard InChI is InChI=1S/C36H57NO8Si/c1-11-30(24-45-46(26(3)4,27(5)6)28(7)8)23-29(9)13-18-33(38)34(36(40)43-12-2)35(39)37-20-19-31-14-16-32(17-15-31)44-25-42-22-21-41-10/h13-20,23,26-28,30,38H,11-12,21-22,24-25H2,1-10H3,(H,37,39)/b18-13+,20-19+,29-23+,34-33+/t30-/m1/s1. The molecule has 1 aromatic carbocycles. The maximum absolute atomic E-state index is 13.0. The first-order valence-electron chi connectivity index (χ1n) is 16.2. The van der Waals surface area contributed by atoms with E-state index in [0.717, 1.165) is 17.6 Å². The van der Waals surface area contributed by atoms with E-state index in [9.17, 15) is 14.7 Å². The Morgan fingerprint density at radius 3 is 2.13 bits per heavy atom. The van der Waals surface area contributed by atoms with Crippen LogP contribution in [0, 0.1) is 5.92 Å². The second-order valence-electron chi connectivity index (χ2n) is 12.1. The van der Waals surface area contributed by atoms with E-state index in [1.165, 1.54) is 12.3 Å². The van der Waals surface area contributed by atoms with Crippen LogP contribution in [0.1, 0.15) is 74.3 Å². The van der Waals surface area contributed by atoms with Crippen LogP contribution in [0.15, 0.2) is 65.6 Å². The Hall–Kier alpha value is -3.18. The van der Waals surface area contributed by atoms with Gasteiger partial charge in [0.2, 0.25) is 0 Å². The van der Waals surface area contributed by atoms with Gasteiger partial charge in [-0.1, -0.05) is 78.3 Å². The van der Waals surface area contributed by atoms with Crippen LogP contribution >= 0.6 is 0 Å². The van der Waals surface area contributed by atoms with Crippen LogP contribution in [0.4, 0.5) is 0 Å². The maximum atomic E-state index is 13.0. The number of benzene rings is 1. The molecule has 1 rings (SSSR count). The molecule has 0 spiro atoms. The minimum Gasteiger partial charge on any atom is -0.507 e. The number of amides is 1. The van der Waals surface area contributed by atoms with Gasteiger partial charge in [0.1, 0.15) is 11.5 Å². The molecule has 0 radical (unpaired) electrons. The first-order chi connectivity index (χ1) is 21.8. The highest BCUT2D eigenvalue weighted by Crippen LogP contribution is 2.42. The van der Waals surface area contributed by atoms with E-state index in [-0.39, 0.29) is 19.3 Å². The highest BCUT2D eigenvalue weighted by Gasteiger charge is 2.45. The van der Waals surface area contributed by atoms with Gasteiger partial charge in [-0.15, -0.1) is 0 Å². The smallest absolute Gasteiger partial charge is 0.347 e. The summed E-state index contributed by atoms with van der Waals surface area (Å²) in [4.78, 5) is 25.6. The van der Waals surface area contributed by atoms with E-state index >= 15 is 0 Å². The van der Waals surface area contributed by atoms with Gasteiger partial charge in [-0.05, 0) is 72.7 Å². The van der Waals surface area contributed by atoms with Crippen LogP contribution in [0.2, 0.25) is 16.6 Å². The topological polar surface area (TPSA) is 113 Å². The van der Waals surface area contributed by atoms with Gasteiger partial charge in [0, 0.05) is 19.9 Å². The van der Waals surface area contributed by atoms with Gasteiger partial charge >= 0.3 is 5.97 Å². The normalized spacial score (nSPS) is 14.0. The molecule has 46 heavy (non-hydrogen) atoms. The fraction of sp³-hybridized carbons (Fsp3) is 0.556. The van der Waals surface area contributed by atoms with Crippen molar-refractivity contribution in [1.82, 2.24) is 5.32 Å². The number of rotatable bonds is 21. The zero-order chi connectivity index (χ0) is 34.7. The molecule has 1 amide bonds. The Kier molecular flexibility index (Phi) is 19.2. The second kappa shape index (κ2) is 21.6. The van der Waals surface area contributed by atoms with Gasteiger partial charge in [-0.25, -0.2) is 4.79 Å². The molecule has 0 aliphatic carbocycles. The first-order valence-corrected chi connectivity index (χ1v) is 18.4. The fourth-order valence-corrected chi connectivity index (χ4v) is 11.0. The van der Waals surface area contributed by atoms with E-state index in [1.54, 1.807) is 50.5 Å². The predicted molar refractivity (Wildman–Crippen MR) is 187 cm³/mol. The SMILES string of the molecule is CCOC(=O)\C(C(=O)N/C=C/c1ccc(OCOCCOC)cc1)=C(O)/C=C/C(C)=C/[C@@H](CC)CO[Si](C(C)C)(C(C)C)C(C)C. The molecule has 0 unspecified atom stereocenters. The third-order valence-electron chi connectivity index (χ3n) is 7.86. The molecule has 10 heteroatoms. The Morgan fingerprint density at radius 2 is 1.59 bits per heavy atom. The third-order valence-corrected chi connectivity index (χ3v) is 13.9. The molecule has 0 heterocycles. The van der Waals surface area contributed by atoms with Gasteiger partial charge in [-0.2, -0.15) is 0 Å². The minimum atomic E-state index is -2.00. The van der Waals surface area contributed by atoms with Crippen LogP contribution < -0.4 is 10.1 Å². The summed E-state index contributed by atoms with van der Waals surface area (Å²) in [5.74, 6) is -1.37. The van der Waals surface area contributed by atoms with E-state index in [4.69, 9.17) is 23.4 Å². The minimum absolute atomic E-state index is 0.0549. The summed E-state index contributed by atoms with van der Waals surface area (Å²) in [6.07, 6.45) is 9.09. The lowest BCUT2D eigenvalue weighted by Gasteiger charge is -2.42. The molecule has 1 atom stereocenters. The van der Waals surface area contributed by atoms with Crippen LogP contribution in [0.5, 0.6) is 5.75 Å². The van der Waals surface area contributed by atoms with Gasteiger partial charge in [0.15, 0.2) is 20.7 Å². The number of aliphatic hydroxyl groups excluding tert-OH is 1. The number of esters is 1. The van der Waals surface area contributed by atoms with E-state index in [0.29, 0.717) is 42.2 Å². The van der Waals surface area contributed by atoms with E-state index in [2.05, 4.69) is 59.9 Å². The number of nitrogens with one attached hydrogen (secondary N) is 1. The molecule has 0 aliphatic heterocycles. The molecular weight excluding hydrogens is 602 g/mol. The lowest BCUT2D eigenvalue weighted by Crippen LogP contribution is -2.48. The lowest BCUT2D eigenvalue weighted by atomic mass is 10.0. The van der Waals surface area contributed by atoms with Gasteiger partial charge in [0.25, 0.3) is 5.91 Å². The van der Waals surface area contributed by atoms with E-state index < -0.39 is 31.5 Å². The van der Waals surface area contributed by atoms with Crippen molar-refractivity contribution in [2.45, 2.75) is 85.4 Å². The molecule has 2 N–H and O–H groups in total. The molecular formula is C36H57NO8Si. The van der Waals surface area contributed by atoms with Crippen molar-refractivity contribution < 1.29 is 38.1 Å². The fourth-order valence-electron chi connectivity index (χ4n) is 5.54. The third kappa shape index (κ3) is 13.3. The van der Waals surface area contributed by atoms with Crippen molar-refractivity contribution >= 4 is 26.3 Å². The highest BCUT2D eigenvalue weighted by atomic mass is 28.4. The molecule has 0 aliphatic rings. The zero-order valence-corrected chi connectivity index (χ0v) is 30.6. The van der Waals surface area contributed by atoms with Gasteiger partial charge in [0.05, 0.1) is 19.8 Å². The molecule has 258 valence electrons. The Labute approximate surface area is 277 Å². The van der Waals surface area contributed by atoms with Crippen LogP contribution in [0.3, 0.4) is 0 Å². The molecule has 1 aromatic rings. The number of methoxy groups -OCH3 is 1. The summed E-state index contributed by atoms with van der Waals surface area (Å²) in [6.45, 7) is 21.0. The summed E-state index contributed by atoms with van der Waals surface area (Å²) in [7, 11) is -0.395. The van der Waals surface area contributed by atoms with Crippen molar-refractivity contribution in [3.8, 4) is 5.75 Å². The Balaban J connectivity index is 3.00. The Bertz CT molecular complexity index is 1160. The van der Waals surface area contributed by atoms with Crippen molar-refractivity contribution in [2.75, 3.05) is 40.3 Å². The largest absolute Gasteiger partial charge is 0.507 e. The lowest BCUT2D eigenvalue weighted by molar-refractivity contribution is -0.140. The first kappa shape index (κ1) is 40.8. The summed E-state index contributed by atoms with van der Waals surface area (Å²) in [6, 6.07) is 7.14. The van der Waals surface area contributed by atoms with E-state index in [1.807, 2.05) is 6.92 Å². The number of carbonyl (C=O) groups excluding carboxylic acids is 2. The maximum Gasteiger partial charge on any atom is 0.347 e. The predicted octanol–water partition coefficient (Wildman–Crippen LogP) is 7.87. The summed E-state index contributed by atoms with van der Waals surface area (Å²) in [5, 5.41) is 13.3. The molecule has 0 saturated carbocycles. The van der Waals surface area contributed by atoms with Gasteiger partial charge < -0.3 is 33.8 Å². The van der Waals surface area contributed by atoms with Crippen molar-refractivity contribution in [3.05, 3.63) is 71.2 Å². The van der Waals surface area contributed by atoms with Crippen molar-refractivity contribution in [3.63, 3.8) is 0 Å². The number of ether oxygens (including phenoxy) is 4. The second-order valence-corrected chi connectivity index (χ2v) is 17.5. The monoisotopic (exact) mass is 659 g/mol. The summed E-state index contributed by atoms with van der Waals surface area (Å²) < 4.78 is 27.6. The van der Waals surface area contributed by atoms with Crippen LogP contribution in [0.25, 0.3) is 6.08 Å². The summed E-state index contributed by atoms with van der Waals surface area (Å²) >= 11 is 0. The number of hydrogen-bond donors (Lipinski definition) is 2. The number of hydrogen-bond acceptors (Lipinski definition) is 8. The van der Waals surface area contributed by atoms with Crippen LogP contribution in [-0.2, 0) is 28.2 Å². The van der Waals surface area contributed by atoms with Crippen molar-refractivity contribution in [2.24, 2.45) is 5.92 Å². The quantitative estimate of drug-likeness (QED) is 0.0158. The molecule has 0 fully saturated rings. The molecule has 0 saturated heterocycles. The molecule has 0 bridgehead atoms. The average Bonchev–Trinajstić information content (AvgIpc) is 3.00. The highest BCUT2D eigenvalue weighted by molar-refractivity contribution is 6.77. The number of carbonyl (C=O) groups is 2.